The molecule has 7 nitrogen and oxygen atoms in total. The highest BCUT2D eigenvalue weighted by atomic mass is 16.4. The van der Waals surface area contributed by atoms with Crippen LogP contribution in [0.1, 0.15) is 16.8 Å². The number of benzene rings is 1. The number of nitrogens with one attached hydrogen (secondary N) is 3. The van der Waals surface area contributed by atoms with E-state index in [0.29, 0.717) is 12.2 Å². The highest BCUT2D eigenvalue weighted by Crippen LogP contribution is 2.21. The van der Waals surface area contributed by atoms with Crippen LogP contribution < -0.4 is 16.0 Å². The van der Waals surface area contributed by atoms with Gasteiger partial charge >= 0.3 is 12.0 Å². The van der Waals surface area contributed by atoms with Crippen LogP contribution in [0, 0.1) is 0 Å². The fourth-order valence-electron chi connectivity index (χ4n) is 1.43. The molecule has 7 heteroatoms. The lowest BCUT2D eigenvalue weighted by Crippen LogP contribution is -2.30. The minimum Gasteiger partial charge on any atom is -0.507 e. The average Bonchev–Trinajstić information content (AvgIpc) is 2.36. The summed E-state index contributed by atoms with van der Waals surface area (Å²) < 4.78 is 0. The Hall–Kier alpha value is -2.28. The fraction of sp³-hybridized carbons (Fsp3) is 0.333. The van der Waals surface area contributed by atoms with Gasteiger partial charge in [0.1, 0.15) is 11.3 Å². The molecule has 0 bridgehead atoms. The van der Waals surface area contributed by atoms with E-state index >= 15 is 0 Å². The molecule has 0 aromatic heterocycles. The maximum Gasteiger partial charge on any atom is 0.339 e. The number of hydrogen-bond donors (Lipinski definition) is 5. The standard InChI is InChI=1S/C12H17N3O4/c1-13-5-2-6-14-12(19)15-8-3-4-10(16)9(7-8)11(17)18/h3-4,7,13,16H,2,5-6H2,1H3,(H,17,18)(H2,14,15,19). The van der Waals surface area contributed by atoms with Crippen molar-refractivity contribution >= 4 is 17.7 Å². The van der Waals surface area contributed by atoms with Gasteiger partial charge in [-0.2, -0.15) is 0 Å². The van der Waals surface area contributed by atoms with Gasteiger partial charge in [-0.3, -0.25) is 0 Å². The summed E-state index contributed by atoms with van der Waals surface area (Å²) in [6, 6.07) is 3.43. The Bertz CT molecular complexity index is 462. The summed E-state index contributed by atoms with van der Waals surface area (Å²) in [6.45, 7) is 1.30. The molecule has 0 heterocycles. The largest absolute Gasteiger partial charge is 0.507 e. The van der Waals surface area contributed by atoms with Crippen LogP contribution >= 0.6 is 0 Å². The van der Waals surface area contributed by atoms with E-state index in [1.165, 1.54) is 18.2 Å². The first-order chi connectivity index (χ1) is 9.04. The van der Waals surface area contributed by atoms with E-state index < -0.39 is 12.0 Å². The van der Waals surface area contributed by atoms with Crippen LogP contribution in [0.4, 0.5) is 10.5 Å². The Balaban J connectivity index is 2.55. The second-order valence-corrected chi connectivity index (χ2v) is 3.88. The zero-order valence-corrected chi connectivity index (χ0v) is 10.6. The number of amides is 2. The Labute approximate surface area is 110 Å². The Morgan fingerprint density at radius 1 is 1.26 bits per heavy atom. The molecule has 2 amide bonds. The van der Waals surface area contributed by atoms with Gasteiger partial charge in [0.2, 0.25) is 0 Å². The first-order valence-corrected chi connectivity index (χ1v) is 5.80. The molecular formula is C12H17N3O4. The molecule has 5 N–H and O–H groups in total. The van der Waals surface area contributed by atoms with Crippen molar-refractivity contribution in [3.05, 3.63) is 23.8 Å². The lowest BCUT2D eigenvalue weighted by Gasteiger charge is -2.08. The van der Waals surface area contributed by atoms with Gasteiger partial charge in [-0.25, -0.2) is 9.59 Å². The van der Waals surface area contributed by atoms with Crippen LogP contribution in [0.25, 0.3) is 0 Å². The third kappa shape index (κ3) is 4.84. The summed E-state index contributed by atoms with van der Waals surface area (Å²) in [5.74, 6) is -1.59. The van der Waals surface area contributed by atoms with Crippen LogP contribution in [0.5, 0.6) is 5.75 Å². The first kappa shape index (κ1) is 14.8. The average molecular weight is 267 g/mol. The predicted octanol–water partition coefficient (Wildman–Crippen LogP) is 0.821. The van der Waals surface area contributed by atoms with E-state index in [1.807, 2.05) is 7.05 Å². The fourth-order valence-corrected chi connectivity index (χ4v) is 1.43. The molecule has 0 saturated carbocycles. The minimum absolute atomic E-state index is 0.256. The van der Waals surface area contributed by atoms with Gasteiger partial charge in [0.05, 0.1) is 0 Å². The monoisotopic (exact) mass is 267 g/mol. The van der Waals surface area contributed by atoms with Gasteiger partial charge in [0.25, 0.3) is 0 Å². The van der Waals surface area contributed by atoms with Crippen molar-refractivity contribution in [2.45, 2.75) is 6.42 Å². The van der Waals surface area contributed by atoms with Crippen LogP contribution in [0.2, 0.25) is 0 Å². The number of hydrogen-bond acceptors (Lipinski definition) is 4. The van der Waals surface area contributed by atoms with E-state index in [1.54, 1.807) is 0 Å². The highest BCUT2D eigenvalue weighted by Gasteiger charge is 2.11. The highest BCUT2D eigenvalue weighted by molar-refractivity contribution is 5.95. The van der Waals surface area contributed by atoms with Crippen molar-refractivity contribution in [2.24, 2.45) is 0 Å². The molecular weight excluding hydrogens is 250 g/mol. The van der Waals surface area contributed by atoms with Crippen molar-refractivity contribution in [1.82, 2.24) is 10.6 Å². The topological polar surface area (TPSA) is 111 Å². The third-order valence-corrected chi connectivity index (χ3v) is 2.37. The number of carbonyl (C=O) groups is 2. The second-order valence-electron chi connectivity index (χ2n) is 3.88. The van der Waals surface area contributed by atoms with E-state index in [0.717, 1.165) is 13.0 Å². The number of carbonyl (C=O) groups excluding carboxylic acids is 1. The normalized spacial score (nSPS) is 9.95. The van der Waals surface area contributed by atoms with Gasteiger partial charge in [-0.1, -0.05) is 0 Å². The summed E-state index contributed by atoms with van der Waals surface area (Å²) in [5.41, 5.74) is 0.0503. The number of carboxylic acid groups (broad SMARTS) is 1. The van der Waals surface area contributed by atoms with E-state index in [4.69, 9.17) is 5.11 Å². The van der Waals surface area contributed by atoms with Crippen molar-refractivity contribution in [2.75, 3.05) is 25.5 Å². The lowest BCUT2D eigenvalue weighted by molar-refractivity contribution is 0.0693. The number of rotatable bonds is 6. The molecule has 1 aromatic carbocycles. The molecule has 0 saturated heterocycles. The van der Waals surface area contributed by atoms with Crippen molar-refractivity contribution in [1.29, 1.82) is 0 Å². The maximum atomic E-state index is 11.5. The Morgan fingerprint density at radius 3 is 2.63 bits per heavy atom. The summed E-state index contributed by atoms with van der Waals surface area (Å²) in [5, 5.41) is 26.2. The molecule has 1 rings (SSSR count). The quantitative estimate of drug-likeness (QED) is 0.387. The molecule has 0 aliphatic carbocycles. The summed E-state index contributed by atoms with van der Waals surface area (Å²) >= 11 is 0. The molecule has 19 heavy (non-hydrogen) atoms. The van der Waals surface area contributed by atoms with Gasteiger partial charge < -0.3 is 26.2 Å². The first-order valence-electron chi connectivity index (χ1n) is 5.80. The van der Waals surface area contributed by atoms with Gasteiger partial charge in [-0.15, -0.1) is 0 Å². The predicted molar refractivity (Wildman–Crippen MR) is 70.6 cm³/mol. The van der Waals surface area contributed by atoms with Crippen LogP contribution in [0.3, 0.4) is 0 Å². The Kier molecular flexibility index (Phi) is 5.62. The van der Waals surface area contributed by atoms with Crippen LogP contribution in [-0.4, -0.2) is 42.4 Å². The van der Waals surface area contributed by atoms with Crippen LogP contribution in [-0.2, 0) is 0 Å². The van der Waals surface area contributed by atoms with Crippen LogP contribution in [0.15, 0.2) is 18.2 Å². The lowest BCUT2D eigenvalue weighted by atomic mass is 10.2. The van der Waals surface area contributed by atoms with Crippen molar-refractivity contribution in [3.63, 3.8) is 0 Å². The minimum atomic E-state index is -1.25. The zero-order valence-electron chi connectivity index (χ0n) is 10.6. The Morgan fingerprint density at radius 2 is 2.00 bits per heavy atom. The van der Waals surface area contributed by atoms with Gasteiger partial charge in [0.15, 0.2) is 0 Å². The van der Waals surface area contributed by atoms with Gasteiger partial charge in [-0.05, 0) is 38.2 Å². The number of aromatic hydroxyl groups is 1. The number of phenols is 1. The molecule has 0 fully saturated rings. The molecule has 0 aliphatic heterocycles. The third-order valence-electron chi connectivity index (χ3n) is 2.37. The molecule has 0 aliphatic rings. The summed E-state index contributed by atoms with van der Waals surface area (Å²) in [7, 11) is 1.82. The number of urea groups is 1. The van der Waals surface area contributed by atoms with E-state index in [2.05, 4.69) is 16.0 Å². The second kappa shape index (κ2) is 7.22. The van der Waals surface area contributed by atoms with Crippen molar-refractivity contribution in [3.8, 4) is 5.75 Å². The molecule has 104 valence electrons. The van der Waals surface area contributed by atoms with E-state index in [-0.39, 0.29) is 11.3 Å². The van der Waals surface area contributed by atoms with Crippen molar-refractivity contribution < 1.29 is 19.8 Å². The number of anilines is 1. The summed E-state index contributed by atoms with van der Waals surface area (Å²) in [4.78, 5) is 22.3. The molecule has 0 unspecified atom stereocenters. The molecule has 0 spiro atoms. The molecule has 1 aromatic rings. The van der Waals surface area contributed by atoms with E-state index in [9.17, 15) is 14.7 Å². The smallest absolute Gasteiger partial charge is 0.339 e. The molecule has 0 radical (unpaired) electrons. The zero-order chi connectivity index (χ0) is 14.3. The number of aromatic carboxylic acids is 1. The molecule has 0 atom stereocenters. The summed E-state index contributed by atoms with van der Waals surface area (Å²) in [6.07, 6.45) is 0.792. The SMILES string of the molecule is CNCCCNC(=O)Nc1ccc(O)c(C(=O)O)c1. The maximum absolute atomic E-state index is 11.5. The van der Waals surface area contributed by atoms with Gasteiger partial charge in [0, 0.05) is 12.2 Å². The number of carboxylic acids is 1.